The van der Waals surface area contributed by atoms with Gasteiger partial charge in [0.25, 0.3) is 11.8 Å². The van der Waals surface area contributed by atoms with Crippen molar-refractivity contribution in [2.45, 2.75) is 45.3 Å². The summed E-state index contributed by atoms with van der Waals surface area (Å²) in [4.78, 5) is 38.9. The van der Waals surface area contributed by atoms with Gasteiger partial charge in [0.2, 0.25) is 0 Å². The first kappa shape index (κ1) is 23.0. The number of carbonyl (C=O) groups is 3. The molecule has 0 aromatic heterocycles. The van der Waals surface area contributed by atoms with Crippen LogP contribution in [0.5, 0.6) is 11.5 Å². The molecular formula is C25H25BrN2O5. The van der Waals surface area contributed by atoms with Gasteiger partial charge < -0.3 is 9.47 Å². The van der Waals surface area contributed by atoms with Crippen LogP contribution in [-0.2, 0) is 16.2 Å². The van der Waals surface area contributed by atoms with Crippen LogP contribution < -0.4 is 14.8 Å². The van der Waals surface area contributed by atoms with Gasteiger partial charge in [0.1, 0.15) is 12.2 Å². The molecule has 0 unspecified atom stereocenters. The summed E-state index contributed by atoms with van der Waals surface area (Å²) in [6.45, 7) is 2.66. The average Bonchev–Trinajstić information content (AvgIpc) is 3.31. The van der Waals surface area contributed by atoms with Gasteiger partial charge in [-0.1, -0.05) is 47.0 Å². The summed E-state index contributed by atoms with van der Waals surface area (Å²) in [5.74, 6) is -0.169. The number of nitrogens with one attached hydrogen (secondary N) is 1. The van der Waals surface area contributed by atoms with Crippen LogP contribution in [0.4, 0.5) is 4.79 Å². The molecule has 2 aromatic rings. The van der Waals surface area contributed by atoms with Gasteiger partial charge in [-0.2, -0.15) is 0 Å². The van der Waals surface area contributed by atoms with Crippen LogP contribution in [0.3, 0.4) is 0 Å². The third kappa shape index (κ3) is 5.27. The molecule has 0 atom stereocenters. The van der Waals surface area contributed by atoms with Crippen molar-refractivity contribution in [2.24, 2.45) is 0 Å². The molecular weight excluding hydrogens is 488 g/mol. The fourth-order valence-corrected chi connectivity index (χ4v) is 4.34. The van der Waals surface area contributed by atoms with E-state index in [4.69, 9.17) is 9.47 Å². The fourth-order valence-electron chi connectivity index (χ4n) is 4.08. The second kappa shape index (κ2) is 10.2. The molecule has 1 aliphatic carbocycles. The van der Waals surface area contributed by atoms with Crippen LogP contribution in [-0.4, -0.2) is 35.4 Å². The number of hydrogen-bond donors (Lipinski definition) is 1. The number of urea groups is 1. The molecule has 1 N–H and O–H groups in total. The van der Waals surface area contributed by atoms with E-state index in [1.807, 2.05) is 31.2 Å². The van der Waals surface area contributed by atoms with Crippen LogP contribution in [0.2, 0.25) is 0 Å². The van der Waals surface area contributed by atoms with E-state index in [9.17, 15) is 14.4 Å². The number of halogens is 1. The quantitative estimate of drug-likeness (QED) is 0.424. The molecule has 1 saturated heterocycles. The van der Waals surface area contributed by atoms with Crippen LogP contribution in [0.1, 0.15) is 43.7 Å². The minimum absolute atomic E-state index is 0.0625. The van der Waals surface area contributed by atoms with Crippen LogP contribution in [0.15, 0.2) is 52.5 Å². The van der Waals surface area contributed by atoms with Crippen molar-refractivity contribution in [1.29, 1.82) is 0 Å². The molecule has 172 valence electrons. The maximum absolute atomic E-state index is 13.0. The van der Waals surface area contributed by atoms with Crippen molar-refractivity contribution < 1.29 is 23.9 Å². The number of carbonyl (C=O) groups excluding carboxylic acids is 3. The number of imide groups is 2. The first-order chi connectivity index (χ1) is 16.0. The number of barbiturate groups is 1. The molecule has 2 aliphatic rings. The Morgan fingerprint density at radius 3 is 2.45 bits per heavy atom. The molecule has 1 heterocycles. The van der Waals surface area contributed by atoms with E-state index < -0.39 is 17.8 Å². The average molecular weight is 513 g/mol. The molecule has 7 nitrogen and oxygen atoms in total. The molecule has 1 aliphatic heterocycles. The highest BCUT2D eigenvalue weighted by molar-refractivity contribution is 9.10. The van der Waals surface area contributed by atoms with Gasteiger partial charge in [-0.3, -0.25) is 19.8 Å². The Hall–Kier alpha value is -3.13. The lowest BCUT2D eigenvalue weighted by atomic mass is 10.0. The van der Waals surface area contributed by atoms with Gasteiger partial charge >= 0.3 is 6.03 Å². The third-order valence-electron chi connectivity index (χ3n) is 5.71. The Labute approximate surface area is 200 Å². The summed E-state index contributed by atoms with van der Waals surface area (Å²) < 4.78 is 12.7. The number of amides is 4. The SMILES string of the molecule is CCOc1cc(/C=C2\C(=O)NC(=O)N(C3CCCC3)C2=O)ccc1OCc1ccc(Br)cc1. The highest BCUT2D eigenvalue weighted by Crippen LogP contribution is 2.31. The Morgan fingerprint density at radius 2 is 1.76 bits per heavy atom. The van der Waals surface area contributed by atoms with Crippen molar-refractivity contribution in [3.05, 3.63) is 63.6 Å². The van der Waals surface area contributed by atoms with Gasteiger partial charge in [0.15, 0.2) is 11.5 Å². The van der Waals surface area contributed by atoms with Crippen molar-refractivity contribution in [3.8, 4) is 11.5 Å². The summed E-state index contributed by atoms with van der Waals surface area (Å²) in [5.41, 5.74) is 1.55. The molecule has 0 spiro atoms. The topological polar surface area (TPSA) is 84.9 Å². The minimum Gasteiger partial charge on any atom is -0.490 e. The van der Waals surface area contributed by atoms with Crippen LogP contribution >= 0.6 is 15.9 Å². The third-order valence-corrected chi connectivity index (χ3v) is 6.24. The second-order valence-corrected chi connectivity index (χ2v) is 8.90. The number of benzene rings is 2. The smallest absolute Gasteiger partial charge is 0.331 e. The molecule has 33 heavy (non-hydrogen) atoms. The fraction of sp³-hybridized carbons (Fsp3) is 0.320. The molecule has 1 saturated carbocycles. The molecule has 0 bridgehead atoms. The van der Waals surface area contributed by atoms with E-state index >= 15 is 0 Å². The first-order valence-corrected chi connectivity index (χ1v) is 11.8. The second-order valence-electron chi connectivity index (χ2n) is 7.99. The van der Waals surface area contributed by atoms with Crippen molar-refractivity contribution >= 4 is 39.9 Å². The molecule has 4 rings (SSSR count). The normalized spacial score (nSPS) is 18.1. The zero-order chi connectivity index (χ0) is 23.4. The number of rotatable bonds is 7. The predicted octanol–water partition coefficient (Wildman–Crippen LogP) is 4.83. The lowest BCUT2D eigenvalue weighted by Crippen LogP contribution is -2.57. The van der Waals surface area contributed by atoms with Crippen LogP contribution in [0.25, 0.3) is 6.08 Å². The monoisotopic (exact) mass is 512 g/mol. The summed E-state index contributed by atoms with van der Waals surface area (Å²) in [7, 11) is 0. The Kier molecular flexibility index (Phi) is 7.13. The number of nitrogens with zero attached hydrogens (tertiary/aromatic N) is 1. The summed E-state index contributed by atoms with van der Waals surface area (Å²) in [5, 5.41) is 2.30. The van der Waals surface area contributed by atoms with E-state index in [0.717, 1.165) is 35.7 Å². The lowest BCUT2D eigenvalue weighted by Gasteiger charge is -2.31. The predicted molar refractivity (Wildman–Crippen MR) is 127 cm³/mol. The zero-order valence-electron chi connectivity index (χ0n) is 18.3. The Balaban J connectivity index is 1.56. The van der Waals surface area contributed by atoms with E-state index in [1.54, 1.807) is 18.2 Å². The van der Waals surface area contributed by atoms with Crippen molar-refractivity contribution in [3.63, 3.8) is 0 Å². The van der Waals surface area contributed by atoms with Crippen LogP contribution in [0, 0.1) is 0 Å². The van der Waals surface area contributed by atoms with E-state index in [2.05, 4.69) is 21.2 Å². The van der Waals surface area contributed by atoms with Gasteiger partial charge in [0, 0.05) is 10.5 Å². The first-order valence-electron chi connectivity index (χ1n) is 11.0. The van der Waals surface area contributed by atoms with Crippen molar-refractivity contribution in [2.75, 3.05) is 6.61 Å². The lowest BCUT2D eigenvalue weighted by molar-refractivity contribution is -0.131. The van der Waals surface area contributed by atoms with Gasteiger partial charge in [-0.05, 0) is 61.2 Å². The number of ether oxygens (including phenoxy) is 2. The van der Waals surface area contributed by atoms with E-state index in [-0.39, 0.29) is 11.6 Å². The maximum Gasteiger partial charge on any atom is 0.331 e. The number of hydrogen-bond acceptors (Lipinski definition) is 5. The van der Waals surface area contributed by atoms with E-state index in [0.29, 0.717) is 30.3 Å². The molecule has 4 amide bonds. The molecule has 2 aromatic carbocycles. The standard InChI is InChI=1S/C25H25BrN2O5/c1-2-32-22-14-17(9-12-21(22)33-15-16-7-10-18(26)11-8-16)13-20-23(29)27-25(31)28(24(20)30)19-5-3-4-6-19/h7-14,19H,2-6,15H2,1H3,(H,27,29,31)/b20-13+. The van der Waals surface area contributed by atoms with Gasteiger partial charge in [0.05, 0.1) is 6.61 Å². The van der Waals surface area contributed by atoms with E-state index in [1.165, 1.54) is 11.0 Å². The maximum atomic E-state index is 13.0. The highest BCUT2D eigenvalue weighted by Gasteiger charge is 2.40. The molecule has 0 radical (unpaired) electrons. The zero-order valence-corrected chi connectivity index (χ0v) is 19.9. The highest BCUT2D eigenvalue weighted by atomic mass is 79.9. The largest absolute Gasteiger partial charge is 0.490 e. The van der Waals surface area contributed by atoms with Gasteiger partial charge in [-0.15, -0.1) is 0 Å². The van der Waals surface area contributed by atoms with Crippen molar-refractivity contribution in [1.82, 2.24) is 10.2 Å². The summed E-state index contributed by atoms with van der Waals surface area (Å²) in [6.07, 6.45) is 4.95. The Morgan fingerprint density at radius 1 is 1.03 bits per heavy atom. The minimum atomic E-state index is -0.687. The Bertz CT molecular complexity index is 1090. The summed E-state index contributed by atoms with van der Waals surface area (Å²) >= 11 is 3.42. The summed E-state index contributed by atoms with van der Waals surface area (Å²) in [6, 6.07) is 12.3. The van der Waals surface area contributed by atoms with Gasteiger partial charge in [-0.25, -0.2) is 4.79 Å². The molecule has 8 heteroatoms. The molecule has 2 fully saturated rings.